The molecule has 0 spiro atoms. The van der Waals surface area contributed by atoms with E-state index in [1.807, 2.05) is 27.7 Å². The average molecular weight is 322 g/mol. The molecule has 0 radical (unpaired) electrons. The molecule has 132 valence electrons. The summed E-state index contributed by atoms with van der Waals surface area (Å²) in [5.41, 5.74) is 4.47. The monoisotopic (exact) mass is 322 g/mol. The van der Waals surface area contributed by atoms with E-state index < -0.39 is 0 Å². The molecule has 23 heavy (non-hydrogen) atoms. The maximum Gasteiger partial charge on any atom is 0.302 e. The fraction of sp³-hybridized carbons (Fsp3) is 0.650. The number of hydrogen-bond donors (Lipinski definition) is 0. The Morgan fingerprint density at radius 2 is 1.65 bits per heavy atom. The second-order valence-corrected chi connectivity index (χ2v) is 5.94. The van der Waals surface area contributed by atoms with Gasteiger partial charge in [0, 0.05) is 12.5 Å². The zero-order valence-corrected chi connectivity index (χ0v) is 16.6. The lowest BCUT2D eigenvalue weighted by Crippen LogP contribution is -2.33. The molecule has 1 unspecified atom stereocenters. The zero-order chi connectivity index (χ0) is 18.4. The highest BCUT2D eigenvalue weighted by molar-refractivity contribution is 5.66. The zero-order valence-electron chi connectivity index (χ0n) is 16.6. The summed E-state index contributed by atoms with van der Waals surface area (Å²) in [6, 6.07) is 2.18. The maximum absolute atomic E-state index is 11.1. The van der Waals surface area contributed by atoms with Crippen LogP contribution in [0.1, 0.15) is 76.6 Å². The van der Waals surface area contributed by atoms with Crippen molar-refractivity contribution in [1.82, 2.24) is 0 Å². The van der Waals surface area contributed by atoms with E-state index >= 15 is 0 Å². The van der Waals surface area contributed by atoms with Gasteiger partial charge in [0.15, 0.2) is 0 Å². The molecule has 1 heterocycles. The van der Waals surface area contributed by atoms with Crippen LogP contribution in [-0.2, 0) is 9.53 Å². The van der Waals surface area contributed by atoms with Crippen molar-refractivity contribution in [3.8, 4) is 5.75 Å². The number of aryl methyl sites for hydroxylation is 2. The minimum absolute atomic E-state index is 0.0886. The second kappa shape index (κ2) is 8.95. The summed E-state index contributed by atoms with van der Waals surface area (Å²) < 4.78 is 11.4. The predicted octanol–water partition coefficient (Wildman–Crippen LogP) is 5.48. The first kappa shape index (κ1) is 21.5. The molecule has 1 aliphatic rings. The Morgan fingerprint density at radius 3 is 2.13 bits per heavy atom. The van der Waals surface area contributed by atoms with Gasteiger partial charge in [-0.15, -0.1) is 0 Å². The Morgan fingerprint density at radius 1 is 1.13 bits per heavy atom. The fourth-order valence-corrected chi connectivity index (χ4v) is 2.80. The van der Waals surface area contributed by atoms with Crippen molar-refractivity contribution in [2.45, 2.75) is 80.8 Å². The van der Waals surface area contributed by atoms with E-state index in [4.69, 9.17) is 9.47 Å². The average Bonchev–Trinajstić information content (AvgIpc) is 2.78. The molecule has 2 rings (SSSR count). The normalized spacial score (nSPS) is 16.9. The molecule has 0 N–H and O–H groups in total. The van der Waals surface area contributed by atoms with Gasteiger partial charge in [-0.2, -0.15) is 0 Å². The van der Waals surface area contributed by atoms with E-state index in [0.717, 1.165) is 5.75 Å². The SMILES string of the molecule is CC.CC.CC(=O)OCC1c2c(C)cc(C)c(C)c2OC1(C)C. The number of esters is 1. The molecule has 0 bridgehead atoms. The molecule has 1 aromatic rings. The van der Waals surface area contributed by atoms with Crippen molar-refractivity contribution in [2.75, 3.05) is 6.61 Å². The lowest BCUT2D eigenvalue weighted by atomic mass is 9.84. The number of carbonyl (C=O) groups excluding carboxylic acids is 1. The van der Waals surface area contributed by atoms with Crippen LogP contribution in [0.25, 0.3) is 0 Å². The van der Waals surface area contributed by atoms with Crippen LogP contribution in [0, 0.1) is 20.8 Å². The van der Waals surface area contributed by atoms with Gasteiger partial charge in [-0.05, 0) is 51.3 Å². The van der Waals surface area contributed by atoms with Crippen molar-refractivity contribution in [2.24, 2.45) is 0 Å². The van der Waals surface area contributed by atoms with Crippen molar-refractivity contribution >= 4 is 5.97 Å². The Hall–Kier alpha value is -1.51. The van der Waals surface area contributed by atoms with Crippen molar-refractivity contribution < 1.29 is 14.3 Å². The van der Waals surface area contributed by atoms with E-state index in [9.17, 15) is 4.79 Å². The lowest BCUT2D eigenvalue weighted by Gasteiger charge is -2.26. The van der Waals surface area contributed by atoms with Gasteiger partial charge in [0.1, 0.15) is 18.0 Å². The van der Waals surface area contributed by atoms with Crippen molar-refractivity contribution in [1.29, 1.82) is 0 Å². The molecular formula is C20H34O3. The number of ether oxygens (including phenoxy) is 2. The predicted molar refractivity (Wildman–Crippen MR) is 97.4 cm³/mol. The van der Waals surface area contributed by atoms with Gasteiger partial charge in [0.25, 0.3) is 0 Å². The molecule has 0 amide bonds. The molecule has 3 heteroatoms. The van der Waals surface area contributed by atoms with Gasteiger partial charge < -0.3 is 9.47 Å². The van der Waals surface area contributed by atoms with Crippen LogP contribution in [0.15, 0.2) is 6.07 Å². The topological polar surface area (TPSA) is 35.5 Å². The molecule has 1 aromatic carbocycles. The van der Waals surface area contributed by atoms with Gasteiger partial charge in [0.05, 0.1) is 5.92 Å². The van der Waals surface area contributed by atoms with Crippen LogP contribution >= 0.6 is 0 Å². The van der Waals surface area contributed by atoms with Gasteiger partial charge in [-0.1, -0.05) is 33.8 Å². The largest absolute Gasteiger partial charge is 0.486 e. The quantitative estimate of drug-likeness (QED) is 0.676. The molecule has 1 aliphatic heterocycles. The number of fused-ring (bicyclic) bond motifs is 1. The first-order valence-electron chi connectivity index (χ1n) is 8.67. The highest BCUT2D eigenvalue weighted by atomic mass is 16.5. The molecule has 1 atom stereocenters. The van der Waals surface area contributed by atoms with Crippen LogP contribution in [0.3, 0.4) is 0 Å². The molecule has 0 aliphatic carbocycles. The molecule has 3 nitrogen and oxygen atoms in total. The summed E-state index contributed by atoms with van der Waals surface area (Å²) in [5.74, 6) is 0.816. The van der Waals surface area contributed by atoms with E-state index in [1.54, 1.807) is 0 Å². The summed E-state index contributed by atoms with van der Waals surface area (Å²) in [5, 5.41) is 0. The third-order valence-electron chi connectivity index (χ3n) is 4.04. The minimum atomic E-state index is -0.346. The summed E-state index contributed by atoms with van der Waals surface area (Å²) >= 11 is 0. The number of benzene rings is 1. The molecule has 0 saturated heterocycles. The third-order valence-corrected chi connectivity index (χ3v) is 4.04. The van der Waals surface area contributed by atoms with E-state index in [-0.39, 0.29) is 17.5 Å². The van der Waals surface area contributed by atoms with Crippen LogP contribution in [0.2, 0.25) is 0 Å². The molecular weight excluding hydrogens is 288 g/mol. The van der Waals surface area contributed by atoms with Crippen molar-refractivity contribution in [3.05, 3.63) is 28.3 Å². The Balaban J connectivity index is 0.00000112. The standard InChI is InChI=1S/C16H22O3.2C2H6/c1-9-7-10(2)14-13(8-18-12(4)17)16(5,6)19-15(14)11(9)3;2*1-2/h7,13H,8H2,1-6H3;2*1-2H3. The summed E-state index contributed by atoms with van der Waals surface area (Å²) in [6.07, 6.45) is 0. The first-order valence-corrected chi connectivity index (χ1v) is 8.67. The Bertz CT molecular complexity index is 530. The van der Waals surface area contributed by atoms with E-state index in [2.05, 4.69) is 40.7 Å². The van der Waals surface area contributed by atoms with Gasteiger partial charge in [0.2, 0.25) is 0 Å². The third kappa shape index (κ3) is 4.73. The number of hydrogen-bond acceptors (Lipinski definition) is 3. The van der Waals surface area contributed by atoms with Crippen LogP contribution in [0.5, 0.6) is 5.75 Å². The first-order chi connectivity index (χ1) is 10.7. The fourth-order valence-electron chi connectivity index (χ4n) is 2.80. The molecule has 0 saturated carbocycles. The van der Waals surface area contributed by atoms with Crippen molar-refractivity contribution in [3.63, 3.8) is 0 Å². The highest BCUT2D eigenvalue weighted by Crippen LogP contribution is 2.48. The smallest absolute Gasteiger partial charge is 0.302 e. The Kier molecular flexibility index (Phi) is 8.36. The van der Waals surface area contributed by atoms with E-state index in [1.165, 1.54) is 29.2 Å². The summed E-state index contributed by atoms with van der Waals surface area (Å²) in [7, 11) is 0. The van der Waals surface area contributed by atoms with E-state index in [0.29, 0.717) is 6.61 Å². The summed E-state index contributed by atoms with van der Waals surface area (Å²) in [4.78, 5) is 11.1. The maximum atomic E-state index is 11.1. The molecule has 0 fully saturated rings. The van der Waals surface area contributed by atoms with Gasteiger partial charge in [-0.25, -0.2) is 0 Å². The van der Waals surface area contributed by atoms with Crippen LogP contribution < -0.4 is 4.74 Å². The molecule has 0 aromatic heterocycles. The van der Waals surface area contributed by atoms with Gasteiger partial charge in [-0.3, -0.25) is 4.79 Å². The number of rotatable bonds is 2. The highest BCUT2D eigenvalue weighted by Gasteiger charge is 2.43. The van der Waals surface area contributed by atoms with Crippen LogP contribution in [0.4, 0.5) is 0 Å². The minimum Gasteiger partial charge on any atom is -0.486 e. The summed E-state index contributed by atoms with van der Waals surface area (Å²) in [6.45, 7) is 20.2. The second-order valence-electron chi connectivity index (χ2n) is 5.94. The van der Waals surface area contributed by atoms with Crippen LogP contribution in [-0.4, -0.2) is 18.2 Å². The lowest BCUT2D eigenvalue weighted by molar-refractivity contribution is -0.142. The Labute approximate surface area is 142 Å². The number of carbonyl (C=O) groups is 1. The van der Waals surface area contributed by atoms with Gasteiger partial charge >= 0.3 is 5.97 Å².